The van der Waals surface area contributed by atoms with Crippen LogP contribution in [-0.4, -0.2) is 45.9 Å². The normalized spacial score (nSPS) is 18.6. The van der Waals surface area contributed by atoms with Crippen LogP contribution >= 0.6 is 0 Å². The van der Waals surface area contributed by atoms with Crippen LogP contribution in [0.5, 0.6) is 0 Å². The molecule has 1 aliphatic heterocycles. The third-order valence-corrected chi connectivity index (χ3v) is 4.22. The molecule has 1 saturated heterocycles. The third kappa shape index (κ3) is 7.53. The van der Waals surface area contributed by atoms with E-state index in [1.54, 1.807) is 24.5 Å². The number of carbonyl (C=O) groups excluding carboxylic acids is 1. The number of nitrogens with one attached hydrogen (secondary N) is 3. The lowest BCUT2D eigenvalue weighted by Gasteiger charge is -2.11. The number of hydrogen-bond donors (Lipinski definition) is 4. The predicted molar refractivity (Wildman–Crippen MR) is 94.1 cm³/mol. The van der Waals surface area contributed by atoms with Gasteiger partial charge in [0.1, 0.15) is 5.82 Å². The summed E-state index contributed by atoms with van der Waals surface area (Å²) >= 11 is 0. The predicted octanol–water partition coefficient (Wildman–Crippen LogP) is 2.02. The van der Waals surface area contributed by atoms with Gasteiger partial charge >= 0.3 is 12.1 Å². The minimum atomic E-state index is -5.08. The standard InChI is InChI=1S/C16H19FN4O.C2HF3O2/c17-14-3-1-2-11(5-14)4-12-6-15(18-7-12)16(22)19-8-13-9-20-21-10-13;3-2(4,5)1(6)7/h1-3,5,9-10,12,15,18H,4,6-8H2,(H,19,22)(H,20,21);(H,6,7)/t12-,15+;/m1./s1. The van der Waals surface area contributed by atoms with Gasteiger partial charge in [0.05, 0.1) is 12.2 Å². The minimum absolute atomic E-state index is 0.00272. The largest absolute Gasteiger partial charge is 0.490 e. The van der Waals surface area contributed by atoms with Gasteiger partial charge in [-0.05, 0) is 43.0 Å². The van der Waals surface area contributed by atoms with Gasteiger partial charge < -0.3 is 15.7 Å². The molecule has 0 radical (unpaired) electrons. The highest BCUT2D eigenvalue weighted by molar-refractivity contribution is 5.82. The topological polar surface area (TPSA) is 107 Å². The van der Waals surface area contributed by atoms with Crippen LogP contribution in [0.3, 0.4) is 0 Å². The first-order valence-electron chi connectivity index (χ1n) is 8.68. The molecule has 1 aromatic carbocycles. The molecular formula is C18H20F4N4O3. The Morgan fingerprint density at radius 2 is 2.00 bits per heavy atom. The molecule has 3 rings (SSSR count). The number of aromatic nitrogens is 2. The van der Waals surface area contributed by atoms with Crippen molar-refractivity contribution in [2.45, 2.75) is 31.6 Å². The van der Waals surface area contributed by atoms with Crippen LogP contribution in [0.25, 0.3) is 0 Å². The summed E-state index contributed by atoms with van der Waals surface area (Å²) in [5.74, 6) is -2.61. The number of halogens is 4. The molecule has 11 heteroatoms. The van der Waals surface area contributed by atoms with Crippen molar-refractivity contribution in [1.29, 1.82) is 0 Å². The first-order valence-corrected chi connectivity index (χ1v) is 8.68. The minimum Gasteiger partial charge on any atom is -0.475 e. The Labute approximate surface area is 163 Å². The third-order valence-electron chi connectivity index (χ3n) is 4.22. The number of H-pyrrole nitrogens is 1. The number of aliphatic carboxylic acids is 1. The zero-order valence-corrected chi connectivity index (χ0v) is 15.2. The van der Waals surface area contributed by atoms with E-state index in [4.69, 9.17) is 9.90 Å². The summed E-state index contributed by atoms with van der Waals surface area (Å²) in [6, 6.07) is 6.48. The lowest BCUT2D eigenvalue weighted by atomic mass is 9.96. The van der Waals surface area contributed by atoms with Gasteiger partial charge in [-0.15, -0.1) is 0 Å². The number of hydrogen-bond acceptors (Lipinski definition) is 4. The Kier molecular flexibility index (Phi) is 7.71. The molecule has 0 saturated carbocycles. The van der Waals surface area contributed by atoms with E-state index < -0.39 is 12.1 Å². The van der Waals surface area contributed by atoms with Crippen molar-refractivity contribution in [2.75, 3.05) is 6.54 Å². The number of alkyl halides is 3. The molecule has 4 N–H and O–H groups in total. The number of nitrogens with zero attached hydrogens (tertiary/aromatic N) is 1. The van der Waals surface area contributed by atoms with Crippen molar-refractivity contribution in [2.24, 2.45) is 5.92 Å². The van der Waals surface area contributed by atoms with Crippen molar-refractivity contribution in [3.63, 3.8) is 0 Å². The summed E-state index contributed by atoms with van der Waals surface area (Å²) in [6.45, 7) is 1.25. The molecule has 1 fully saturated rings. The molecule has 29 heavy (non-hydrogen) atoms. The SMILES string of the molecule is O=C(NCc1cn[nH]c1)[C@@H]1C[C@@H](Cc2cccc(F)c2)CN1.O=C(O)C(F)(F)F. The van der Waals surface area contributed by atoms with Gasteiger partial charge in [0.15, 0.2) is 0 Å². The molecule has 0 unspecified atom stereocenters. The van der Waals surface area contributed by atoms with Gasteiger partial charge in [0.25, 0.3) is 0 Å². The van der Waals surface area contributed by atoms with E-state index in [0.29, 0.717) is 12.5 Å². The van der Waals surface area contributed by atoms with Crippen molar-refractivity contribution in [3.05, 3.63) is 53.6 Å². The fraction of sp³-hybridized carbons (Fsp3) is 0.389. The Morgan fingerprint density at radius 3 is 2.59 bits per heavy atom. The van der Waals surface area contributed by atoms with E-state index in [1.807, 2.05) is 6.07 Å². The zero-order valence-electron chi connectivity index (χ0n) is 15.2. The Bertz CT molecular complexity index is 812. The zero-order chi connectivity index (χ0) is 21.4. The maximum Gasteiger partial charge on any atom is 0.490 e. The molecule has 1 amide bonds. The smallest absolute Gasteiger partial charge is 0.475 e. The van der Waals surface area contributed by atoms with Gasteiger partial charge in [0, 0.05) is 18.3 Å². The maximum absolute atomic E-state index is 13.2. The van der Waals surface area contributed by atoms with Gasteiger partial charge in [-0.1, -0.05) is 12.1 Å². The molecule has 7 nitrogen and oxygen atoms in total. The summed E-state index contributed by atoms with van der Waals surface area (Å²) in [5.41, 5.74) is 1.92. The Morgan fingerprint density at radius 1 is 1.28 bits per heavy atom. The van der Waals surface area contributed by atoms with Gasteiger partial charge in [-0.3, -0.25) is 9.89 Å². The van der Waals surface area contributed by atoms with Crippen LogP contribution in [0, 0.1) is 11.7 Å². The average molecular weight is 416 g/mol. The Hall–Kier alpha value is -2.95. The molecular weight excluding hydrogens is 396 g/mol. The van der Waals surface area contributed by atoms with Crippen LogP contribution in [0.4, 0.5) is 17.6 Å². The first-order chi connectivity index (χ1) is 13.6. The monoisotopic (exact) mass is 416 g/mol. The van der Waals surface area contributed by atoms with Crippen LogP contribution < -0.4 is 10.6 Å². The molecule has 1 aliphatic rings. The second kappa shape index (κ2) is 10.0. The van der Waals surface area contributed by atoms with E-state index >= 15 is 0 Å². The maximum atomic E-state index is 13.2. The van der Waals surface area contributed by atoms with Crippen molar-refractivity contribution in [3.8, 4) is 0 Å². The van der Waals surface area contributed by atoms with Gasteiger partial charge in [-0.2, -0.15) is 18.3 Å². The summed E-state index contributed by atoms with van der Waals surface area (Å²) in [4.78, 5) is 21.0. The molecule has 2 aromatic rings. The lowest BCUT2D eigenvalue weighted by molar-refractivity contribution is -0.192. The van der Waals surface area contributed by atoms with E-state index in [2.05, 4.69) is 20.8 Å². The van der Waals surface area contributed by atoms with Crippen LogP contribution in [0.15, 0.2) is 36.7 Å². The number of amides is 1. The lowest BCUT2D eigenvalue weighted by Crippen LogP contribution is -2.39. The van der Waals surface area contributed by atoms with Crippen LogP contribution in [0.2, 0.25) is 0 Å². The summed E-state index contributed by atoms with van der Waals surface area (Å²) in [7, 11) is 0. The highest BCUT2D eigenvalue weighted by Gasteiger charge is 2.38. The number of benzene rings is 1. The van der Waals surface area contributed by atoms with Gasteiger partial charge in [0.2, 0.25) is 5.91 Å². The summed E-state index contributed by atoms with van der Waals surface area (Å²) in [6.07, 6.45) is -0.0752. The highest BCUT2D eigenvalue weighted by atomic mass is 19.4. The summed E-state index contributed by atoms with van der Waals surface area (Å²) in [5, 5.41) is 19.8. The van der Waals surface area contributed by atoms with Crippen LogP contribution in [0.1, 0.15) is 17.5 Å². The molecule has 0 spiro atoms. The number of carboxylic acid groups (broad SMARTS) is 1. The number of rotatable bonds is 5. The summed E-state index contributed by atoms with van der Waals surface area (Å²) < 4.78 is 44.9. The first kappa shape index (κ1) is 22.3. The van der Waals surface area contributed by atoms with Crippen molar-refractivity contribution >= 4 is 11.9 Å². The van der Waals surface area contributed by atoms with Crippen molar-refractivity contribution < 1.29 is 32.3 Å². The fourth-order valence-electron chi connectivity index (χ4n) is 2.85. The van der Waals surface area contributed by atoms with Crippen LogP contribution in [-0.2, 0) is 22.6 Å². The van der Waals surface area contributed by atoms with E-state index in [1.165, 1.54) is 6.07 Å². The molecule has 2 heterocycles. The highest BCUT2D eigenvalue weighted by Crippen LogP contribution is 2.20. The molecule has 0 aliphatic carbocycles. The quantitative estimate of drug-likeness (QED) is 0.558. The second-order valence-corrected chi connectivity index (χ2v) is 6.52. The number of aromatic amines is 1. The fourth-order valence-corrected chi connectivity index (χ4v) is 2.85. The number of carboxylic acids is 1. The second-order valence-electron chi connectivity index (χ2n) is 6.52. The van der Waals surface area contributed by atoms with Gasteiger partial charge in [-0.25, -0.2) is 9.18 Å². The van der Waals surface area contributed by atoms with Crippen molar-refractivity contribution in [1.82, 2.24) is 20.8 Å². The molecule has 158 valence electrons. The molecule has 0 bridgehead atoms. The number of carbonyl (C=O) groups is 2. The van der Waals surface area contributed by atoms with E-state index in [0.717, 1.165) is 30.5 Å². The molecule has 1 aromatic heterocycles. The average Bonchev–Trinajstić information content (AvgIpc) is 3.31. The Balaban J connectivity index is 0.000000370. The molecule has 2 atom stereocenters. The van der Waals surface area contributed by atoms with E-state index in [-0.39, 0.29) is 17.8 Å². The van der Waals surface area contributed by atoms with E-state index in [9.17, 15) is 22.4 Å².